The van der Waals surface area contributed by atoms with Crippen molar-refractivity contribution >= 4 is 5.91 Å². The molecule has 2 atom stereocenters. The van der Waals surface area contributed by atoms with Crippen molar-refractivity contribution < 1.29 is 9.53 Å². The van der Waals surface area contributed by atoms with Crippen molar-refractivity contribution in [1.82, 2.24) is 10.2 Å². The lowest BCUT2D eigenvalue weighted by Crippen LogP contribution is -2.38. The van der Waals surface area contributed by atoms with Gasteiger partial charge in [-0.1, -0.05) is 6.42 Å². The molecule has 2 unspecified atom stereocenters. The number of piperidine rings is 1. The average molecular weight is 256 g/mol. The minimum absolute atomic E-state index is 0.169. The van der Waals surface area contributed by atoms with Gasteiger partial charge in [0.1, 0.15) is 0 Å². The van der Waals surface area contributed by atoms with Gasteiger partial charge in [0.15, 0.2) is 0 Å². The van der Waals surface area contributed by atoms with E-state index in [2.05, 4.69) is 5.32 Å². The molecule has 0 saturated carbocycles. The minimum Gasteiger partial charge on any atom is -0.382 e. The summed E-state index contributed by atoms with van der Waals surface area (Å²) in [5.74, 6) is 0.231. The maximum Gasteiger partial charge on any atom is 0.222 e. The Hall–Kier alpha value is -0.610. The highest BCUT2D eigenvalue weighted by atomic mass is 16.5. The minimum atomic E-state index is 0.169. The summed E-state index contributed by atoms with van der Waals surface area (Å²) in [6.45, 7) is 3.99. The Labute approximate surface area is 111 Å². The fraction of sp³-hybridized carbons (Fsp3) is 0.929. The molecule has 0 aromatic heterocycles. The van der Waals surface area contributed by atoms with Crippen molar-refractivity contribution in [1.29, 1.82) is 0 Å². The lowest BCUT2D eigenvalue weighted by molar-refractivity contribution is -0.130. The third-order valence-electron chi connectivity index (χ3n) is 3.82. The first-order valence-electron chi connectivity index (χ1n) is 7.13. The maximum absolute atomic E-state index is 11.9. The number of nitrogens with one attached hydrogen (secondary N) is 1. The summed E-state index contributed by atoms with van der Waals surface area (Å²) in [4.78, 5) is 13.7. The highest BCUT2D eigenvalue weighted by Gasteiger charge is 2.15. The molecule has 0 radical (unpaired) electrons. The van der Waals surface area contributed by atoms with Gasteiger partial charge in [0.05, 0.1) is 6.10 Å². The molecule has 1 saturated heterocycles. The molecule has 1 fully saturated rings. The fourth-order valence-electron chi connectivity index (χ4n) is 2.28. The van der Waals surface area contributed by atoms with Crippen molar-refractivity contribution in [3.63, 3.8) is 0 Å². The third kappa shape index (κ3) is 5.83. The van der Waals surface area contributed by atoms with Crippen molar-refractivity contribution in [3.8, 4) is 0 Å². The molecular weight excluding hydrogens is 228 g/mol. The number of hydrogen-bond acceptors (Lipinski definition) is 3. The highest BCUT2D eigenvalue weighted by Crippen LogP contribution is 2.11. The largest absolute Gasteiger partial charge is 0.382 e. The quantitative estimate of drug-likeness (QED) is 0.755. The fourth-order valence-corrected chi connectivity index (χ4v) is 2.28. The van der Waals surface area contributed by atoms with E-state index >= 15 is 0 Å². The number of ether oxygens (including phenoxy) is 1. The summed E-state index contributed by atoms with van der Waals surface area (Å²) >= 11 is 0. The standard InChI is InChI=1S/C14H28N2O2/c1-12(18-3)7-8-14(17)16(2)11-9-13-6-4-5-10-15-13/h12-13,15H,4-11H2,1-3H3. The zero-order chi connectivity index (χ0) is 13.4. The summed E-state index contributed by atoms with van der Waals surface area (Å²) in [5, 5.41) is 3.51. The lowest BCUT2D eigenvalue weighted by Gasteiger charge is -2.26. The van der Waals surface area contributed by atoms with Gasteiger partial charge < -0.3 is 15.0 Å². The second kappa shape index (κ2) is 8.48. The Morgan fingerprint density at radius 1 is 1.50 bits per heavy atom. The van der Waals surface area contributed by atoms with Gasteiger partial charge in [-0.15, -0.1) is 0 Å². The Bertz CT molecular complexity index is 240. The summed E-state index contributed by atoms with van der Waals surface area (Å²) in [6, 6.07) is 0.604. The third-order valence-corrected chi connectivity index (χ3v) is 3.82. The SMILES string of the molecule is COC(C)CCC(=O)N(C)CCC1CCCCN1. The van der Waals surface area contributed by atoms with Gasteiger partial charge in [-0.25, -0.2) is 0 Å². The van der Waals surface area contributed by atoms with Crippen LogP contribution in [0.3, 0.4) is 0 Å². The summed E-state index contributed by atoms with van der Waals surface area (Å²) in [6.07, 6.45) is 6.50. The number of methoxy groups -OCH3 is 1. The van der Waals surface area contributed by atoms with Crippen LogP contribution in [0.2, 0.25) is 0 Å². The van der Waals surface area contributed by atoms with Gasteiger partial charge in [0, 0.05) is 33.2 Å². The van der Waals surface area contributed by atoms with E-state index in [1.165, 1.54) is 19.3 Å². The molecule has 0 aromatic carbocycles. The van der Waals surface area contributed by atoms with Gasteiger partial charge in [0.2, 0.25) is 5.91 Å². The average Bonchev–Trinajstić information content (AvgIpc) is 2.42. The Balaban J connectivity index is 2.14. The van der Waals surface area contributed by atoms with E-state index in [0.29, 0.717) is 12.5 Å². The van der Waals surface area contributed by atoms with Crippen LogP contribution in [0.25, 0.3) is 0 Å². The highest BCUT2D eigenvalue weighted by molar-refractivity contribution is 5.75. The Kier molecular flexibility index (Phi) is 7.28. The van der Waals surface area contributed by atoms with Crippen LogP contribution in [-0.2, 0) is 9.53 Å². The van der Waals surface area contributed by atoms with Crippen LogP contribution < -0.4 is 5.32 Å². The zero-order valence-corrected chi connectivity index (χ0v) is 12.1. The molecule has 0 bridgehead atoms. The number of rotatable bonds is 7. The molecule has 18 heavy (non-hydrogen) atoms. The summed E-state index contributed by atoms with van der Waals surface area (Å²) < 4.78 is 5.15. The number of amides is 1. The second-order valence-corrected chi connectivity index (χ2v) is 5.34. The molecule has 1 N–H and O–H groups in total. The molecule has 1 heterocycles. The molecule has 4 nitrogen and oxygen atoms in total. The van der Waals surface area contributed by atoms with Crippen molar-refractivity contribution in [2.24, 2.45) is 0 Å². The van der Waals surface area contributed by atoms with Crippen LogP contribution in [0.4, 0.5) is 0 Å². The Morgan fingerprint density at radius 2 is 2.28 bits per heavy atom. The first-order chi connectivity index (χ1) is 8.63. The predicted molar refractivity (Wildman–Crippen MR) is 73.6 cm³/mol. The van der Waals surface area contributed by atoms with Crippen LogP contribution in [0.15, 0.2) is 0 Å². The molecule has 0 aliphatic carbocycles. The van der Waals surface area contributed by atoms with Gasteiger partial charge in [-0.05, 0) is 39.2 Å². The number of hydrogen-bond donors (Lipinski definition) is 1. The predicted octanol–water partition coefficient (Wildman–Crippen LogP) is 1.79. The van der Waals surface area contributed by atoms with Crippen LogP contribution in [0, 0.1) is 0 Å². The summed E-state index contributed by atoms with van der Waals surface area (Å²) in [5.41, 5.74) is 0. The van der Waals surface area contributed by atoms with E-state index in [9.17, 15) is 4.79 Å². The van der Waals surface area contributed by atoms with Crippen molar-refractivity contribution in [3.05, 3.63) is 0 Å². The maximum atomic E-state index is 11.9. The van der Waals surface area contributed by atoms with Crippen LogP contribution in [-0.4, -0.2) is 50.2 Å². The van der Waals surface area contributed by atoms with Crippen LogP contribution in [0.1, 0.15) is 45.4 Å². The smallest absolute Gasteiger partial charge is 0.222 e. The van der Waals surface area contributed by atoms with E-state index in [0.717, 1.165) is 25.9 Å². The molecule has 0 aromatic rings. The van der Waals surface area contributed by atoms with Crippen molar-refractivity contribution in [2.45, 2.75) is 57.6 Å². The van der Waals surface area contributed by atoms with E-state index in [4.69, 9.17) is 4.74 Å². The molecule has 1 rings (SSSR count). The van der Waals surface area contributed by atoms with Gasteiger partial charge in [0.25, 0.3) is 0 Å². The Morgan fingerprint density at radius 3 is 2.89 bits per heavy atom. The molecular formula is C14H28N2O2. The topological polar surface area (TPSA) is 41.6 Å². The first-order valence-corrected chi connectivity index (χ1v) is 7.13. The van der Waals surface area contributed by atoms with Gasteiger partial charge >= 0.3 is 0 Å². The van der Waals surface area contributed by atoms with E-state index in [1.54, 1.807) is 7.11 Å². The zero-order valence-electron chi connectivity index (χ0n) is 12.1. The van der Waals surface area contributed by atoms with Crippen molar-refractivity contribution in [2.75, 3.05) is 27.2 Å². The van der Waals surface area contributed by atoms with Crippen LogP contribution >= 0.6 is 0 Å². The molecule has 0 spiro atoms. The molecule has 1 amide bonds. The van der Waals surface area contributed by atoms with E-state index < -0.39 is 0 Å². The second-order valence-electron chi connectivity index (χ2n) is 5.34. The molecule has 4 heteroatoms. The number of carbonyl (C=O) groups is 1. The normalized spacial score (nSPS) is 21.6. The number of carbonyl (C=O) groups excluding carboxylic acids is 1. The van der Waals surface area contributed by atoms with Gasteiger partial charge in [-0.3, -0.25) is 4.79 Å². The lowest BCUT2D eigenvalue weighted by atomic mass is 10.0. The monoisotopic (exact) mass is 256 g/mol. The van der Waals surface area contributed by atoms with Crippen LogP contribution in [0.5, 0.6) is 0 Å². The van der Waals surface area contributed by atoms with Gasteiger partial charge in [-0.2, -0.15) is 0 Å². The molecule has 1 aliphatic heterocycles. The molecule has 1 aliphatic rings. The van der Waals surface area contributed by atoms with E-state index in [1.807, 2.05) is 18.9 Å². The van der Waals surface area contributed by atoms with E-state index in [-0.39, 0.29) is 12.0 Å². The molecule has 106 valence electrons. The summed E-state index contributed by atoms with van der Waals surface area (Å²) in [7, 11) is 3.59. The number of nitrogens with zero attached hydrogens (tertiary/aromatic N) is 1. The first kappa shape index (κ1) is 15.4.